The lowest BCUT2D eigenvalue weighted by molar-refractivity contribution is 0.161. The van der Waals surface area contributed by atoms with Crippen LogP contribution in [0, 0.1) is 5.92 Å². The fourth-order valence-corrected chi connectivity index (χ4v) is 3.11. The molecular formula is C16H23ClN2O. The molecule has 0 radical (unpaired) electrons. The highest BCUT2D eigenvalue weighted by Gasteiger charge is 2.25. The maximum atomic E-state index is 6.20. The zero-order valence-corrected chi connectivity index (χ0v) is 12.8. The first-order valence-corrected chi connectivity index (χ1v) is 7.89. The molecule has 3 rings (SSSR count). The molecule has 1 aromatic carbocycles. The number of hydrogen-bond acceptors (Lipinski definition) is 3. The first kappa shape index (κ1) is 14.2. The fraction of sp³-hybridized carbons (Fsp3) is 0.625. The standard InChI is InChI=1S/C16H23ClN2O/c1-20-11-12-6-7-19(10-12)16-8-14(17)3-2-13(16)9-18-15-4-5-15/h2-3,8,12,15,18H,4-7,9-11H2,1H3. The number of ether oxygens (including phenoxy) is 1. The summed E-state index contributed by atoms with van der Waals surface area (Å²) in [6.07, 6.45) is 3.85. The van der Waals surface area contributed by atoms with Gasteiger partial charge >= 0.3 is 0 Å². The highest BCUT2D eigenvalue weighted by molar-refractivity contribution is 6.30. The van der Waals surface area contributed by atoms with Gasteiger partial charge in [0, 0.05) is 49.4 Å². The van der Waals surface area contributed by atoms with Crippen LogP contribution in [0.5, 0.6) is 0 Å². The van der Waals surface area contributed by atoms with Crippen LogP contribution in [0.4, 0.5) is 5.69 Å². The van der Waals surface area contributed by atoms with Gasteiger partial charge in [0.1, 0.15) is 0 Å². The van der Waals surface area contributed by atoms with Crippen molar-refractivity contribution in [1.82, 2.24) is 5.32 Å². The van der Waals surface area contributed by atoms with Gasteiger partial charge < -0.3 is 15.0 Å². The van der Waals surface area contributed by atoms with Crippen molar-refractivity contribution in [2.45, 2.75) is 31.8 Å². The Labute approximate surface area is 126 Å². The van der Waals surface area contributed by atoms with E-state index in [1.54, 1.807) is 7.11 Å². The van der Waals surface area contributed by atoms with E-state index in [2.05, 4.69) is 22.3 Å². The Bertz CT molecular complexity index is 462. The van der Waals surface area contributed by atoms with Crippen LogP contribution < -0.4 is 10.2 Å². The van der Waals surface area contributed by atoms with E-state index < -0.39 is 0 Å². The molecule has 2 fully saturated rings. The van der Waals surface area contributed by atoms with E-state index in [0.717, 1.165) is 37.3 Å². The summed E-state index contributed by atoms with van der Waals surface area (Å²) in [6.45, 7) is 3.98. The minimum atomic E-state index is 0.642. The first-order chi connectivity index (χ1) is 9.76. The average molecular weight is 295 g/mol. The van der Waals surface area contributed by atoms with Crippen molar-refractivity contribution in [2.75, 3.05) is 31.7 Å². The zero-order valence-electron chi connectivity index (χ0n) is 12.1. The molecule has 4 heteroatoms. The van der Waals surface area contributed by atoms with E-state index in [0.29, 0.717) is 5.92 Å². The summed E-state index contributed by atoms with van der Waals surface area (Å²) < 4.78 is 5.29. The van der Waals surface area contributed by atoms with E-state index in [9.17, 15) is 0 Å². The van der Waals surface area contributed by atoms with Gasteiger partial charge in [0.25, 0.3) is 0 Å². The van der Waals surface area contributed by atoms with Gasteiger partial charge in [-0.25, -0.2) is 0 Å². The lowest BCUT2D eigenvalue weighted by atomic mass is 10.1. The third kappa shape index (κ3) is 3.46. The summed E-state index contributed by atoms with van der Waals surface area (Å²) >= 11 is 6.20. The third-order valence-electron chi connectivity index (χ3n) is 4.23. The highest BCUT2D eigenvalue weighted by Crippen LogP contribution is 2.30. The highest BCUT2D eigenvalue weighted by atomic mass is 35.5. The number of hydrogen-bond donors (Lipinski definition) is 1. The van der Waals surface area contributed by atoms with Crippen LogP contribution in [0.15, 0.2) is 18.2 Å². The van der Waals surface area contributed by atoms with E-state index >= 15 is 0 Å². The monoisotopic (exact) mass is 294 g/mol. The Balaban J connectivity index is 1.71. The Morgan fingerprint density at radius 1 is 1.35 bits per heavy atom. The van der Waals surface area contributed by atoms with Gasteiger partial charge in [-0.3, -0.25) is 0 Å². The summed E-state index contributed by atoms with van der Waals surface area (Å²) in [5, 5.41) is 4.42. The van der Waals surface area contributed by atoms with Gasteiger partial charge in [-0.2, -0.15) is 0 Å². The SMILES string of the molecule is COCC1CCN(c2cc(Cl)ccc2CNC2CC2)C1. The molecule has 0 amide bonds. The average Bonchev–Trinajstić information content (AvgIpc) is 3.16. The lowest BCUT2D eigenvalue weighted by Crippen LogP contribution is -2.24. The summed E-state index contributed by atoms with van der Waals surface area (Å²) in [5.41, 5.74) is 2.66. The fourth-order valence-electron chi connectivity index (χ4n) is 2.95. The van der Waals surface area contributed by atoms with Crippen molar-refractivity contribution < 1.29 is 4.74 Å². The third-order valence-corrected chi connectivity index (χ3v) is 4.47. The zero-order chi connectivity index (χ0) is 13.9. The maximum absolute atomic E-state index is 6.20. The van der Waals surface area contributed by atoms with Crippen LogP contribution in [0.1, 0.15) is 24.8 Å². The van der Waals surface area contributed by atoms with Crippen LogP contribution in [0.2, 0.25) is 5.02 Å². The molecule has 1 saturated carbocycles. The van der Waals surface area contributed by atoms with Crippen LogP contribution in [-0.4, -0.2) is 32.8 Å². The summed E-state index contributed by atoms with van der Waals surface area (Å²) in [5.74, 6) is 0.642. The van der Waals surface area contributed by atoms with Gasteiger partial charge in [0.2, 0.25) is 0 Å². The lowest BCUT2D eigenvalue weighted by Gasteiger charge is -2.23. The molecule has 1 atom stereocenters. The molecule has 0 bridgehead atoms. The Morgan fingerprint density at radius 2 is 2.20 bits per heavy atom. The van der Waals surface area contributed by atoms with Crippen molar-refractivity contribution >= 4 is 17.3 Å². The van der Waals surface area contributed by atoms with Crippen molar-refractivity contribution in [2.24, 2.45) is 5.92 Å². The van der Waals surface area contributed by atoms with E-state index in [4.69, 9.17) is 16.3 Å². The molecule has 20 heavy (non-hydrogen) atoms. The second kappa shape index (κ2) is 6.33. The predicted molar refractivity (Wildman–Crippen MR) is 83.5 cm³/mol. The molecule has 2 aliphatic rings. The second-order valence-electron chi connectivity index (χ2n) is 5.98. The molecule has 1 aliphatic carbocycles. The number of nitrogens with one attached hydrogen (secondary N) is 1. The Hall–Kier alpha value is -0.770. The summed E-state index contributed by atoms with van der Waals surface area (Å²) in [7, 11) is 1.78. The molecule has 1 aromatic rings. The number of methoxy groups -OCH3 is 1. The molecular weight excluding hydrogens is 272 g/mol. The van der Waals surface area contributed by atoms with Crippen molar-refractivity contribution in [1.29, 1.82) is 0 Å². The number of rotatable bonds is 6. The second-order valence-corrected chi connectivity index (χ2v) is 6.42. The van der Waals surface area contributed by atoms with E-state index in [1.165, 1.54) is 30.5 Å². The molecule has 1 unspecified atom stereocenters. The van der Waals surface area contributed by atoms with Gasteiger partial charge in [-0.1, -0.05) is 17.7 Å². The molecule has 1 saturated heterocycles. The quantitative estimate of drug-likeness (QED) is 0.873. The predicted octanol–water partition coefficient (Wildman–Crippen LogP) is 3.06. The normalized spacial score (nSPS) is 22.5. The number of halogens is 1. The van der Waals surface area contributed by atoms with Gasteiger partial charge in [-0.15, -0.1) is 0 Å². The van der Waals surface area contributed by atoms with Gasteiger partial charge in [-0.05, 0) is 37.0 Å². The topological polar surface area (TPSA) is 24.5 Å². The van der Waals surface area contributed by atoms with Crippen LogP contribution in [0.3, 0.4) is 0 Å². The number of nitrogens with zero attached hydrogens (tertiary/aromatic N) is 1. The molecule has 1 aliphatic heterocycles. The number of anilines is 1. The van der Waals surface area contributed by atoms with E-state index in [1.807, 2.05) is 6.07 Å². The number of benzene rings is 1. The van der Waals surface area contributed by atoms with Crippen LogP contribution in [0.25, 0.3) is 0 Å². The Kier molecular flexibility index (Phi) is 4.49. The van der Waals surface area contributed by atoms with Crippen molar-refractivity contribution in [3.05, 3.63) is 28.8 Å². The maximum Gasteiger partial charge on any atom is 0.0508 e. The molecule has 0 spiro atoms. The molecule has 0 aromatic heterocycles. The molecule has 110 valence electrons. The van der Waals surface area contributed by atoms with E-state index in [-0.39, 0.29) is 0 Å². The van der Waals surface area contributed by atoms with Crippen molar-refractivity contribution in [3.8, 4) is 0 Å². The van der Waals surface area contributed by atoms with Crippen LogP contribution >= 0.6 is 11.6 Å². The summed E-state index contributed by atoms with van der Waals surface area (Å²) in [6, 6.07) is 7.01. The minimum absolute atomic E-state index is 0.642. The molecule has 1 N–H and O–H groups in total. The van der Waals surface area contributed by atoms with Gasteiger partial charge in [0.05, 0.1) is 6.61 Å². The Morgan fingerprint density at radius 3 is 2.95 bits per heavy atom. The first-order valence-electron chi connectivity index (χ1n) is 7.52. The minimum Gasteiger partial charge on any atom is -0.384 e. The summed E-state index contributed by atoms with van der Waals surface area (Å²) in [4.78, 5) is 2.46. The van der Waals surface area contributed by atoms with Gasteiger partial charge in [0.15, 0.2) is 0 Å². The molecule has 1 heterocycles. The molecule has 3 nitrogen and oxygen atoms in total. The van der Waals surface area contributed by atoms with Crippen LogP contribution in [-0.2, 0) is 11.3 Å². The largest absolute Gasteiger partial charge is 0.384 e. The smallest absolute Gasteiger partial charge is 0.0508 e. The van der Waals surface area contributed by atoms with Crippen molar-refractivity contribution in [3.63, 3.8) is 0 Å².